The third-order valence-corrected chi connectivity index (χ3v) is 4.96. The van der Waals surface area contributed by atoms with E-state index >= 15 is 0 Å². The summed E-state index contributed by atoms with van der Waals surface area (Å²) in [6.07, 6.45) is 2.40. The van der Waals surface area contributed by atoms with Gasteiger partial charge < -0.3 is 5.73 Å². The largest absolute Gasteiger partial charge is 0.329 e. The molecule has 17 heavy (non-hydrogen) atoms. The summed E-state index contributed by atoms with van der Waals surface area (Å²) in [6, 6.07) is 0.0933. The average molecular weight is 264 g/mol. The minimum Gasteiger partial charge on any atom is -0.329 e. The van der Waals surface area contributed by atoms with Gasteiger partial charge in [0.25, 0.3) is 0 Å². The van der Waals surface area contributed by atoms with Crippen molar-refractivity contribution in [1.29, 1.82) is 0 Å². The zero-order valence-corrected chi connectivity index (χ0v) is 12.5. The van der Waals surface area contributed by atoms with E-state index in [1.807, 2.05) is 27.7 Å². The van der Waals surface area contributed by atoms with E-state index < -0.39 is 10.0 Å². The Hall–Kier alpha value is -0.130. The summed E-state index contributed by atoms with van der Waals surface area (Å²) in [5, 5.41) is 0. The van der Waals surface area contributed by atoms with Crippen LogP contribution in [0.3, 0.4) is 0 Å². The lowest BCUT2D eigenvalue weighted by atomic mass is 10.2. The molecule has 0 unspecified atom stereocenters. The first-order chi connectivity index (χ1) is 7.88. The van der Waals surface area contributed by atoms with Crippen LogP contribution in [0, 0.1) is 5.92 Å². The lowest BCUT2D eigenvalue weighted by Gasteiger charge is -2.29. The van der Waals surface area contributed by atoms with Crippen LogP contribution in [-0.2, 0) is 10.0 Å². The molecule has 5 heteroatoms. The van der Waals surface area contributed by atoms with Gasteiger partial charge in [-0.3, -0.25) is 0 Å². The molecule has 0 aromatic carbocycles. The second-order valence-corrected chi connectivity index (χ2v) is 6.91. The molecule has 0 fully saturated rings. The topological polar surface area (TPSA) is 63.4 Å². The second-order valence-electron chi connectivity index (χ2n) is 4.87. The minimum atomic E-state index is -3.15. The normalized spacial score (nSPS) is 12.9. The van der Waals surface area contributed by atoms with Crippen molar-refractivity contribution in [3.05, 3.63) is 0 Å². The Balaban J connectivity index is 4.77. The fourth-order valence-electron chi connectivity index (χ4n) is 1.87. The molecule has 0 aromatic rings. The highest BCUT2D eigenvalue weighted by Gasteiger charge is 2.26. The van der Waals surface area contributed by atoms with Crippen LogP contribution in [0.2, 0.25) is 0 Å². The van der Waals surface area contributed by atoms with Crippen molar-refractivity contribution in [2.24, 2.45) is 11.7 Å². The van der Waals surface area contributed by atoms with Crippen molar-refractivity contribution in [2.45, 2.75) is 53.0 Å². The smallest absolute Gasteiger partial charge is 0.214 e. The molecule has 104 valence electrons. The Morgan fingerprint density at radius 2 is 1.71 bits per heavy atom. The highest BCUT2D eigenvalue weighted by Crippen LogP contribution is 2.16. The van der Waals surface area contributed by atoms with Crippen LogP contribution < -0.4 is 5.73 Å². The molecule has 0 heterocycles. The Kier molecular flexibility index (Phi) is 8.00. The van der Waals surface area contributed by atoms with Gasteiger partial charge in [-0.25, -0.2) is 8.42 Å². The van der Waals surface area contributed by atoms with Crippen molar-refractivity contribution in [1.82, 2.24) is 4.31 Å². The predicted octanol–water partition coefficient (Wildman–Crippen LogP) is 1.81. The van der Waals surface area contributed by atoms with Crippen LogP contribution in [0.5, 0.6) is 0 Å². The van der Waals surface area contributed by atoms with Crippen LogP contribution in [0.1, 0.15) is 47.0 Å². The van der Waals surface area contributed by atoms with Gasteiger partial charge in [-0.2, -0.15) is 4.31 Å². The summed E-state index contributed by atoms with van der Waals surface area (Å²) >= 11 is 0. The fraction of sp³-hybridized carbons (Fsp3) is 1.00. The molecule has 4 nitrogen and oxygen atoms in total. The summed E-state index contributed by atoms with van der Waals surface area (Å²) in [5.74, 6) is 0.646. The zero-order chi connectivity index (χ0) is 13.5. The lowest BCUT2D eigenvalue weighted by molar-refractivity contribution is 0.308. The van der Waals surface area contributed by atoms with Crippen molar-refractivity contribution < 1.29 is 8.42 Å². The molecule has 0 amide bonds. The molecular formula is C12H28N2O2S. The Bertz CT molecular complexity index is 285. The second kappa shape index (κ2) is 8.06. The van der Waals surface area contributed by atoms with Crippen molar-refractivity contribution >= 4 is 10.0 Å². The monoisotopic (exact) mass is 264 g/mol. The van der Waals surface area contributed by atoms with Crippen LogP contribution in [0.4, 0.5) is 0 Å². The van der Waals surface area contributed by atoms with E-state index in [1.165, 1.54) is 0 Å². The summed E-state index contributed by atoms with van der Waals surface area (Å²) in [4.78, 5) is 0. The average Bonchev–Trinajstić information content (AvgIpc) is 2.27. The number of nitrogens with two attached hydrogens (primary N) is 1. The molecule has 0 saturated heterocycles. The van der Waals surface area contributed by atoms with Crippen LogP contribution in [0.25, 0.3) is 0 Å². The van der Waals surface area contributed by atoms with Gasteiger partial charge in [0, 0.05) is 19.1 Å². The molecule has 0 radical (unpaired) electrons. The van der Waals surface area contributed by atoms with Crippen LogP contribution in [-0.4, -0.2) is 37.6 Å². The molecule has 0 saturated carbocycles. The lowest BCUT2D eigenvalue weighted by Crippen LogP contribution is -2.43. The number of nitrogens with zero attached hydrogens (tertiary/aromatic N) is 1. The van der Waals surface area contributed by atoms with Crippen molar-refractivity contribution in [3.63, 3.8) is 0 Å². The summed E-state index contributed by atoms with van der Waals surface area (Å²) < 4.78 is 26.1. The van der Waals surface area contributed by atoms with Gasteiger partial charge in [0.1, 0.15) is 0 Å². The molecule has 0 aliphatic carbocycles. The number of rotatable bonds is 9. The molecule has 0 bridgehead atoms. The van der Waals surface area contributed by atoms with Gasteiger partial charge in [-0.1, -0.05) is 27.7 Å². The van der Waals surface area contributed by atoms with Gasteiger partial charge in [0.2, 0.25) is 10.0 Å². The van der Waals surface area contributed by atoms with E-state index in [1.54, 1.807) is 4.31 Å². The van der Waals surface area contributed by atoms with Crippen molar-refractivity contribution in [3.8, 4) is 0 Å². The van der Waals surface area contributed by atoms with Gasteiger partial charge in [-0.05, 0) is 25.2 Å². The fourth-order valence-corrected chi connectivity index (χ4v) is 4.01. The Labute approximate surface area is 107 Å². The standard InChI is InChI=1S/C12H28N2O2S/c1-5-12(6-2)14(9-8-13)17(15,16)10-7-11(3)4/h11-12H,5-10,13H2,1-4H3. The maximum Gasteiger partial charge on any atom is 0.214 e. The summed E-state index contributed by atoms with van der Waals surface area (Å²) in [7, 11) is -3.15. The van der Waals surface area contributed by atoms with E-state index in [0.717, 1.165) is 12.8 Å². The third-order valence-electron chi connectivity index (χ3n) is 3.01. The number of hydrogen-bond donors (Lipinski definition) is 1. The van der Waals surface area contributed by atoms with E-state index in [0.29, 0.717) is 25.4 Å². The first-order valence-electron chi connectivity index (χ1n) is 6.58. The Morgan fingerprint density at radius 3 is 2.06 bits per heavy atom. The number of sulfonamides is 1. The van der Waals surface area contributed by atoms with Gasteiger partial charge >= 0.3 is 0 Å². The Morgan fingerprint density at radius 1 is 1.18 bits per heavy atom. The van der Waals surface area contributed by atoms with E-state index in [-0.39, 0.29) is 11.8 Å². The molecule has 0 aromatic heterocycles. The SMILES string of the molecule is CCC(CC)N(CCN)S(=O)(=O)CCC(C)C. The van der Waals surface area contributed by atoms with E-state index in [2.05, 4.69) is 0 Å². The highest BCUT2D eigenvalue weighted by molar-refractivity contribution is 7.89. The first kappa shape index (κ1) is 16.9. The van der Waals surface area contributed by atoms with Crippen molar-refractivity contribution in [2.75, 3.05) is 18.8 Å². The zero-order valence-electron chi connectivity index (χ0n) is 11.6. The summed E-state index contributed by atoms with van der Waals surface area (Å²) in [6.45, 7) is 8.95. The van der Waals surface area contributed by atoms with Crippen LogP contribution in [0.15, 0.2) is 0 Å². The van der Waals surface area contributed by atoms with Gasteiger partial charge in [0.05, 0.1) is 5.75 Å². The molecule has 0 aliphatic rings. The van der Waals surface area contributed by atoms with Gasteiger partial charge in [-0.15, -0.1) is 0 Å². The first-order valence-corrected chi connectivity index (χ1v) is 8.19. The third kappa shape index (κ3) is 5.84. The molecular weight excluding hydrogens is 236 g/mol. The quantitative estimate of drug-likeness (QED) is 0.691. The molecule has 0 spiro atoms. The molecule has 0 atom stereocenters. The molecule has 2 N–H and O–H groups in total. The van der Waals surface area contributed by atoms with E-state index in [4.69, 9.17) is 5.73 Å². The highest BCUT2D eigenvalue weighted by atomic mass is 32.2. The molecule has 0 rings (SSSR count). The maximum absolute atomic E-state index is 12.3. The predicted molar refractivity (Wildman–Crippen MR) is 73.4 cm³/mol. The number of hydrogen-bond acceptors (Lipinski definition) is 3. The maximum atomic E-state index is 12.3. The van der Waals surface area contributed by atoms with Crippen LogP contribution >= 0.6 is 0 Å². The van der Waals surface area contributed by atoms with E-state index in [9.17, 15) is 8.42 Å². The molecule has 0 aliphatic heterocycles. The summed E-state index contributed by atoms with van der Waals surface area (Å²) in [5.41, 5.74) is 5.52. The minimum absolute atomic E-state index is 0.0933. The van der Waals surface area contributed by atoms with Gasteiger partial charge in [0.15, 0.2) is 0 Å².